The quantitative estimate of drug-likeness (QED) is 0.724. The van der Waals surface area contributed by atoms with Crippen molar-refractivity contribution in [2.45, 2.75) is 54.4 Å². The first-order valence-corrected chi connectivity index (χ1v) is 6.90. The molecular weight excluding hydrogens is 242 g/mol. The lowest BCUT2D eigenvalue weighted by atomic mass is 9.91. The van der Waals surface area contributed by atoms with Crippen LogP contribution in [-0.4, -0.2) is 31.4 Å². The van der Waals surface area contributed by atoms with Crippen LogP contribution in [0.1, 0.15) is 54.4 Å². The molecule has 0 bridgehead atoms. The number of rotatable bonds is 7. The summed E-state index contributed by atoms with van der Waals surface area (Å²) in [6.07, 6.45) is 1.25. The maximum atomic E-state index is 11.6. The summed E-state index contributed by atoms with van der Waals surface area (Å²) in [4.78, 5) is 23.1. The smallest absolute Gasteiger partial charge is 0.220 e. The second kappa shape index (κ2) is 7.63. The molecule has 0 radical (unpaired) electrons. The normalized spacial score (nSPS) is 12.3. The third-order valence-corrected chi connectivity index (χ3v) is 2.55. The Bertz CT molecular complexity index is 297. The molecule has 4 nitrogen and oxygen atoms in total. The molecule has 19 heavy (non-hydrogen) atoms. The molecule has 0 rings (SSSR count). The molecule has 0 spiro atoms. The number of amides is 1. The Morgan fingerprint density at radius 1 is 1.05 bits per heavy atom. The molecule has 0 aromatic rings. The van der Waals surface area contributed by atoms with Gasteiger partial charge < -0.3 is 10.1 Å². The molecule has 0 unspecified atom stereocenters. The van der Waals surface area contributed by atoms with Crippen molar-refractivity contribution in [3.63, 3.8) is 0 Å². The minimum atomic E-state index is -0.346. The summed E-state index contributed by atoms with van der Waals surface area (Å²) in [5, 5.41) is 2.85. The highest BCUT2D eigenvalue weighted by Gasteiger charge is 2.20. The van der Waals surface area contributed by atoms with Gasteiger partial charge in [0, 0.05) is 25.0 Å². The SMILES string of the molecule is CC(C)(C)CC(=O)NCCCOCC(=O)C(C)(C)C. The Morgan fingerprint density at radius 2 is 1.63 bits per heavy atom. The topological polar surface area (TPSA) is 55.4 Å². The third kappa shape index (κ3) is 10.7. The van der Waals surface area contributed by atoms with E-state index < -0.39 is 0 Å². The number of Topliss-reactive ketones (excluding diaryl/α,β-unsaturated/α-hetero) is 1. The van der Waals surface area contributed by atoms with Gasteiger partial charge in [0.1, 0.15) is 6.61 Å². The zero-order valence-corrected chi connectivity index (χ0v) is 13.3. The van der Waals surface area contributed by atoms with Crippen LogP contribution >= 0.6 is 0 Å². The lowest BCUT2D eigenvalue weighted by Gasteiger charge is -2.17. The van der Waals surface area contributed by atoms with Crippen molar-refractivity contribution >= 4 is 11.7 Å². The van der Waals surface area contributed by atoms with E-state index in [4.69, 9.17) is 4.74 Å². The number of ketones is 1. The lowest BCUT2D eigenvalue weighted by molar-refractivity contribution is -0.131. The molecule has 1 N–H and O–H groups in total. The fraction of sp³-hybridized carbons (Fsp3) is 0.867. The summed E-state index contributed by atoms with van der Waals surface area (Å²) >= 11 is 0. The molecule has 0 fully saturated rings. The number of carbonyl (C=O) groups excluding carboxylic acids is 2. The second-order valence-electron chi connectivity index (χ2n) is 7.17. The number of ether oxygens (including phenoxy) is 1. The number of hydrogen-bond donors (Lipinski definition) is 1. The predicted molar refractivity (Wildman–Crippen MR) is 77.0 cm³/mol. The largest absolute Gasteiger partial charge is 0.374 e. The van der Waals surface area contributed by atoms with Crippen molar-refractivity contribution in [1.29, 1.82) is 0 Å². The summed E-state index contributed by atoms with van der Waals surface area (Å²) in [7, 11) is 0. The van der Waals surface area contributed by atoms with E-state index in [1.54, 1.807) is 0 Å². The van der Waals surface area contributed by atoms with Gasteiger partial charge in [-0.05, 0) is 11.8 Å². The summed E-state index contributed by atoms with van der Waals surface area (Å²) in [5.41, 5.74) is -0.333. The van der Waals surface area contributed by atoms with Crippen molar-refractivity contribution in [2.24, 2.45) is 10.8 Å². The van der Waals surface area contributed by atoms with Crippen LogP contribution in [0.3, 0.4) is 0 Å². The molecule has 0 saturated heterocycles. The molecule has 0 aromatic carbocycles. The van der Waals surface area contributed by atoms with Crippen LogP contribution < -0.4 is 5.32 Å². The van der Waals surface area contributed by atoms with E-state index in [9.17, 15) is 9.59 Å². The standard InChI is InChI=1S/C15H29NO3/c1-14(2,3)10-13(18)16-8-7-9-19-11-12(17)15(4,5)6/h7-11H2,1-6H3,(H,16,18). The summed E-state index contributed by atoms with van der Waals surface area (Å²) in [6.45, 7) is 13.0. The summed E-state index contributed by atoms with van der Waals surface area (Å²) in [6, 6.07) is 0. The Kier molecular flexibility index (Phi) is 7.27. The average Bonchev–Trinajstić information content (AvgIpc) is 2.18. The first-order valence-electron chi connectivity index (χ1n) is 6.90. The van der Waals surface area contributed by atoms with Gasteiger partial charge in [-0.1, -0.05) is 41.5 Å². The van der Waals surface area contributed by atoms with Crippen molar-refractivity contribution in [2.75, 3.05) is 19.8 Å². The minimum absolute atomic E-state index is 0.0136. The van der Waals surface area contributed by atoms with Crippen LogP contribution in [0.5, 0.6) is 0 Å². The Morgan fingerprint density at radius 3 is 2.11 bits per heavy atom. The Balaban J connectivity index is 3.57. The van der Waals surface area contributed by atoms with E-state index in [0.29, 0.717) is 19.6 Å². The number of carbonyl (C=O) groups is 2. The molecule has 0 aliphatic heterocycles. The van der Waals surface area contributed by atoms with E-state index in [-0.39, 0.29) is 29.1 Å². The predicted octanol–water partition coefficient (Wildman–Crippen LogP) is 2.56. The molecule has 0 aliphatic rings. The highest BCUT2D eigenvalue weighted by atomic mass is 16.5. The fourth-order valence-corrected chi connectivity index (χ4v) is 1.33. The number of hydrogen-bond acceptors (Lipinski definition) is 3. The molecule has 0 atom stereocenters. The zero-order chi connectivity index (χ0) is 15.1. The lowest BCUT2D eigenvalue weighted by Crippen LogP contribution is -2.29. The highest BCUT2D eigenvalue weighted by Crippen LogP contribution is 2.17. The summed E-state index contributed by atoms with van der Waals surface area (Å²) in [5.74, 6) is 0.169. The van der Waals surface area contributed by atoms with Gasteiger partial charge in [-0.3, -0.25) is 9.59 Å². The van der Waals surface area contributed by atoms with Gasteiger partial charge in [-0.15, -0.1) is 0 Å². The van der Waals surface area contributed by atoms with Gasteiger partial charge in [0.05, 0.1) is 0 Å². The third-order valence-electron chi connectivity index (χ3n) is 2.55. The molecule has 0 aromatic heterocycles. The van der Waals surface area contributed by atoms with E-state index in [1.165, 1.54) is 0 Å². The fourth-order valence-electron chi connectivity index (χ4n) is 1.33. The molecular formula is C15H29NO3. The maximum Gasteiger partial charge on any atom is 0.220 e. The van der Waals surface area contributed by atoms with E-state index in [2.05, 4.69) is 5.32 Å². The first kappa shape index (κ1) is 18.1. The van der Waals surface area contributed by atoms with Gasteiger partial charge in [-0.2, -0.15) is 0 Å². The Labute approximate surface area is 117 Å². The van der Waals surface area contributed by atoms with Crippen molar-refractivity contribution in [3.05, 3.63) is 0 Å². The van der Waals surface area contributed by atoms with E-state index >= 15 is 0 Å². The number of nitrogens with one attached hydrogen (secondary N) is 1. The highest BCUT2D eigenvalue weighted by molar-refractivity contribution is 5.84. The second-order valence-corrected chi connectivity index (χ2v) is 7.17. The van der Waals surface area contributed by atoms with Crippen molar-refractivity contribution in [3.8, 4) is 0 Å². The van der Waals surface area contributed by atoms with Crippen LogP contribution in [0, 0.1) is 10.8 Å². The summed E-state index contributed by atoms with van der Waals surface area (Å²) < 4.78 is 5.30. The molecule has 112 valence electrons. The first-order chi connectivity index (χ1) is 8.52. The van der Waals surface area contributed by atoms with Gasteiger partial charge in [0.2, 0.25) is 5.91 Å². The van der Waals surface area contributed by atoms with Crippen LogP contribution in [0.25, 0.3) is 0 Å². The molecule has 0 heterocycles. The van der Waals surface area contributed by atoms with Crippen molar-refractivity contribution in [1.82, 2.24) is 5.32 Å². The van der Waals surface area contributed by atoms with Gasteiger partial charge >= 0.3 is 0 Å². The van der Waals surface area contributed by atoms with E-state index in [1.807, 2.05) is 41.5 Å². The van der Waals surface area contributed by atoms with Gasteiger partial charge in [-0.25, -0.2) is 0 Å². The molecule has 0 saturated carbocycles. The monoisotopic (exact) mass is 271 g/mol. The van der Waals surface area contributed by atoms with Crippen LogP contribution in [0.4, 0.5) is 0 Å². The zero-order valence-electron chi connectivity index (χ0n) is 13.3. The van der Waals surface area contributed by atoms with Crippen LogP contribution in [-0.2, 0) is 14.3 Å². The average molecular weight is 271 g/mol. The minimum Gasteiger partial charge on any atom is -0.374 e. The molecule has 0 aliphatic carbocycles. The van der Waals surface area contributed by atoms with E-state index in [0.717, 1.165) is 6.42 Å². The van der Waals surface area contributed by atoms with Gasteiger partial charge in [0.25, 0.3) is 0 Å². The maximum absolute atomic E-state index is 11.6. The Hall–Kier alpha value is -0.900. The van der Waals surface area contributed by atoms with Crippen molar-refractivity contribution < 1.29 is 14.3 Å². The molecule has 1 amide bonds. The van der Waals surface area contributed by atoms with Crippen LogP contribution in [0.15, 0.2) is 0 Å². The molecule has 4 heteroatoms. The van der Waals surface area contributed by atoms with Crippen LogP contribution in [0.2, 0.25) is 0 Å². The van der Waals surface area contributed by atoms with Gasteiger partial charge in [0.15, 0.2) is 5.78 Å².